The summed E-state index contributed by atoms with van der Waals surface area (Å²) in [5.74, 6) is -0.721. The van der Waals surface area contributed by atoms with E-state index in [9.17, 15) is 14.4 Å². The number of thiophene rings is 1. The second-order valence-corrected chi connectivity index (χ2v) is 8.53. The Hall–Kier alpha value is -3.59. The SMILES string of the molecule is CCn1c(=O)n(CC(=O)c2ccc(C)cc2)c2c(C(N)=O)nc(-c3ccc(C)s3)nc21. The van der Waals surface area contributed by atoms with Gasteiger partial charge < -0.3 is 5.73 Å². The van der Waals surface area contributed by atoms with Crippen molar-refractivity contribution in [2.45, 2.75) is 33.9 Å². The van der Waals surface area contributed by atoms with Crippen molar-refractivity contribution in [3.05, 3.63) is 68.6 Å². The highest BCUT2D eigenvalue weighted by Gasteiger charge is 2.24. The third-order valence-corrected chi connectivity index (χ3v) is 6.04. The summed E-state index contributed by atoms with van der Waals surface area (Å²) in [7, 11) is 0. The van der Waals surface area contributed by atoms with E-state index in [1.807, 2.05) is 38.1 Å². The van der Waals surface area contributed by atoms with Gasteiger partial charge in [-0.3, -0.25) is 18.7 Å². The maximum Gasteiger partial charge on any atom is 0.330 e. The van der Waals surface area contributed by atoms with E-state index in [1.54, 1.807) is 19.1 Å². The number of imidazole rings is 1. The lowest BCUT2D eigenvalue weighted by Gasteiger charge is -2.07. The van der Waals surface area contributed by atoms with Gasteiger partial charge in [-0.15, -0.1) is 11.3 Å². The van der Waals surface area contributed by atoms with Crippen LogP contribution in [0.3, 0.4) is 0 Å². The summed E-state index contributed by atoms with van der Waals surface area (Å²) in [5, 5.41) is 0. The fraction of sp³-hybridized carbons (Fsp3) is 0.227. The quantitative estimate of drug-likeness (QED) is 0.468. The highest BCUT2D eigenvalue weighted by atomic mass is 32.1. The van der Waals surface area contributed by atoms with E-state index in [4.69, 9.17) is 5.73 Å². The molecule has 31 heavy (non-hydrogen) atoms. The van der Waals surface area contributed by atoms with Crippen LogP contribution >= 0.6 is 11.3 Å². The molecule has 0 aliphatic rings. The molecule has 0 aliphatic carbocycles. The molecule has 0 unspecified atom stereocenters. The zero-order valence-corrected chi connectivity index (χ0v) is 18.2. The van der Waals surface area contributed by atoms with E-state index in [-0.39, 0.29) is 29.2 Å². The van der Waals surface area contributed by atoms with Crippen molar-refractivity contribution >= 4 is 34.2 Å². The van der Waals surface area contributed by atoms with Crippen LogP contribution in [-0.2, 0) is 13.1 Å². The van der Waals surface area contributed by atoms with Gasteiger partial charge in [-0.2, -0.15) is 0 Å². The summed E-state index contributed by atoms with van der Waals surface area (Å²) >= 11 is 1.48. The molecule has 2 N–H and O–H groups in total. The first-order valence-electron chi connectivity index (χ1n) is 9.77. The maximum absolute atomic E-state index is 13.1. The molecule has 1 aromatic carbocycles. The number of carbonyl (C=O) groups is 2. The van der Waals surface area contributed by atoms with Gasteiger partial charge in [0.15, 0.2) is 22.9 Å². The Morgan fingerprint density at radius 2 is 1.74 bits per heavy atom. The zero-order chi connectivity index (χ0) is 22.3. The van der Waals surface area contributed by atoms with Crippen LogP contribution in [0.5, 0.6) is 0 Å². The minimum atomic E-state index is -0.785. The van der Waals surface area contributed by atoms with E-state index in [0.717, 1.165) is 15.3 Å². The van der Waals surface area contributed by atoms with Gasteiger partial charge in [0.25, 0.3) is 5.91 Å². The normalized spacial score (nSPS) is 11.2. The molecule has 0 spiro atoms. The number of rotatable bonds is 6. The van der Waals surface area contributed by atoms with Gasteiger partial charge in [-0.05, 0) is 32.9 Å². The summed E-state index contributed by atoms with van der Waals surface area (Å²) in [6.45, 7) is 5.76. The first-order chi connectivity index (χ1) is 14.8. The molecule has 0 fully saturated rings. The van der Waals surface area contributed by atoms with Gasteiger partial charge in [0.05, 0.1) is 11.4 Å². The van der Waals surface area contributed by atoms with Crippen LogP contribution in [0, 0.1) is 13.8 Å². The molecule has 158 valence electrons. The van der Waals surface area contributed by atoms with Gasteiger partial charge in [-0.25, -0.2) is 14.8 Å². The second-order valence-electron chi connectivity index (χ2n) is 7.24. The number of fused-ring (bicyclic) bond motifs is 1. The highest BCUT2D eigenvalue weighted by molar-refractivity contribution is 7.15. The monoisotopic (exact) mass is 435 g/mol. The Morgan fingerprint density at radius 3 is 2.32 bits per heavy atom. The minimum Gasteiger partial charge on any atom is -0.364 e. The number of nitrogens with zero attached hydrogens (tertiary/aromatic N) is 4. The van der Waals surface area contributed by atoms with Crippen LogP contribution in [0.25, 0.3) is 21.9 Å². The van der Waals surface area contributed by atoms with Gasteiger partial charge in [0.1, 0.15) is 5.52 Å². The molecule has 3 aromatic heterocycles. The summed E-state index contributed by atoms with van der Waals surface area (Å²) in [6, 6.07) is 10.9. The Bertz CT molecular complexity index is 1380. The van der Waals surface area contributed by atoms with E-state index >= 15 is 0 Å². The van der Waals surface area contributed by atoms with Crippen molar-refractivity contribution in [2.24, 2.45) is 5.73 Å². The van der Waals surface area contributed by atoms with E-state index in [0.29, 0.717) is 17.9 Å². The molecule has 4 rings (SSSR count). The van der Waals surface area contributed by atoms with Gasteiger partial charge in [0, 0.05) is 17.0 Å². The largest absolute Gasteiger partial charge is 0.364 e. The molecule has 0 saturated heterocycles. The van der Waals surface area contributed by atoms with Gasteiger partial charge in [-0.1, -0.05) is 29.8 Å². The third-order valence-electron chi connectivity index (χ3n) is 5.04. The number of ketones is 1. The molecule has 4 aromatic rings. The van der Waals surface area contributed by atoms with Crippen LogP contribution in [0.15, 0.2) is 41.2 Å². The summed E-state index contributed by atoms with van der Waals surface area (Å²) < 4.78 is 2.67. The maximum atomic E-state index is 13.1. The van der Waals surface area contributed by atoms with Crippen LogP contribution in [0.1, 0.15) is 38.2 Å². The Morgan fingerprint density at radius 1 is 1.03 bits per heavy atom. The molecule has 9 heteroatoms. The standard InChI is InChI=1S/C22H21N5O3S/c1-4-26-21-18(17(19(23)29)24-20(25-21)16-10-7-13(3)31-16)27(22(26)30)11-15(28)14-8-5-12(2)6-9-14/h5-10H,4,11H2,1-3H3,(H2,23,29). The smallest absolute Gasteiger partial charge is 0.330 e. The first-order valence-corrected chi connectivity index (χ1v) is 10.6. The predicted molar refractivity (Wildman–Crippen MR) is 120 cm³/mol. The average molecular weight is 436 g/mol. The van der Waals surface area contributed by atoms with Crippen LogP contribution < -0.4 is 11.4 Å². The minimum absolute atomic E-state index is 0.0768. The average Bonchev–Trinajstić information content (AvgIpc) is 3.29. The molecular weight excluding hydrogens is 414 g/mol. The first kappa shape index (κ1) is 20.7. The summed E-state index contributed by atoms with van der Waals surface area (Å²) in [4.78, 5) is 49.0. The molecule has 0 radical (unpaired) electrons. The molecule has 0 aliphatic heterocycles. The molecule has 0 saturated carbocycles. The van der Waals surface area contributed by atoms with Crippen molar-refractivity contribution < 1.29 is 9.59 Å². The van der Waals surface area contributed by atoms with Crippen molar-refractivity contribution in [3.63, 3.8) is 0 Å². The topological polar surface area (TPSA) is 113 Å². The van der Waals surface area contributed by atoms with E-state index in [2.05, 4.69) is 9.97 Å². The zero-order valence-electron chi connectivity index (χ0n) is 17.4. The number of benzene rings is 1. The molecule has 3 heterocycles. The number of amides is 1. The van der Waals surface area contributed by atoms with Crippen molar-refractivity contribution in [1.82, 2.24) is 19.1 Å². The molecule has 0 bridgehead atoms. The van der Waals surface area contributed by atoms with Crippen LogP contribution in [-0.4, -0.2) is 30.8 Å². The van der Waals surface area contributed by atoms with Gasteiger partial charge in [0.2, 0.25) is 0 Å². The number of aryl methyl sites for hydroxylation is 3. The molecule has 8 nitrogen and oxygen atoms in total. The van der Waals surface area contributed by atoms with E-state index < -0.39 is 11.6 Å². The fourth-order valence-electron chi connectivity index (χ4n) is 3.45. The Balaban J connectivity index is 1.92. The number of primary amides is 1. The number of hydrogen-bond acceptors (Lipinski definition) is 6. The number of nitrogens with two attached hydrogens (primary N) is 1. The lowest BCUT2D eigenvalue weighted by Crippen LogP contribution is -2.27. The lowest BCUT2D eigenvalue weighted by atomic mass is 10.1. The number of hydrogen-bond donors (Lipinski definition) is 1. The van der Waals surface area contributed by atoms with Crippen molar-refractivity contribution in [2.75, 3.05) is 0 Å². The lowest BCUT2D eigenvalue weighted by molar-refractivity contribution is 0.0966. The van der Waals surface area contributed by atoms with Crippen LogP contribution in [0.4, 0.5) is 0 Å². The highest BCUT2D eigenvalue weighted by Crippen LogP contribution is 2.27. The fourth-order valence-corrected chi connectivity index (χ4v) is 4.26. The number of aromatic nitrogens is 4. The number of carbonyl (C=O) groups excluding carboxylic acids is 2. The van der Waals surface area contributed by atoms with Gasteiger partial charge >= 0.3 is 5.69 Å². The van der Waals surface area contributed by atoms with Crippen LogP contribution in [0.2, 0.25) is 0 Å². The Kier molecular flexibility index (Phi) is 5.28. The molecule has 1 amide bonds. The molecular formula is C22H21N5O3S. The summed E-state index contributed by atoms with van der Waals surface area (Å²) in [5.41, 5.74) is 7.08. The van der Waals surface area contributed by atoms with Crippen molar-refractivity contribution in [1.29, 1.82) is 0 Å². The molecule has 0 atom stereocenters. The second kappa shape index (κ2) is 7.92. The number of Topliss-reactive ketones (excluding diaryl/α,β-unsaturated/α-hetero) is 1. The third kappa shape index (κ3) is 3.68. The predicted octanol–water partition coefficient (Wildman–Crippen LogP) is 2.94. The van der Waals surface area contributed by atoms with E-state index in [1.165, 1.54) is 20.5 Å². The summed E-state index contributed by atoms with van der Waals surface area (Å²) in [6.07, 6.45) is 0. The Labute approximate surface area is 182 Å². The van der Waals surface area contributed by atoms with Crippen molar-refractivity contribution in [3.8, 4) is 10.7 Å².